The van der Waals surface area contributed by atoms with Gasteiger partial charge in [0.25, 0.3) is 0 Å². The first-order chi connectivity index (χ1) is 10.1. The lowest BCUT2D eigenvalue weighted by Gasteiger charge is -2.11. The second kappa shape index (κ2) is 8.66. The largest absolute Gasteiger partial charge is 0.480 e. The van der Waals surface area contributed by atoms with Crippen LogP contribution in [0.5, 0.6) is 0 Å². The van der Waals surface area contributed by atoms with Crippen LogP contribution >= 0.6 is 24.2 Å². The van der Waals surface area contributed by atoms with Gasteiger partial charge in [-0.2, -0.15) is 0 Å². The number of hydrogen-bond acceptors (Lipinski definition) is 4. The molecule has 1 atom stereocenters. The quantitative estimate of drug-likeness (QED) is 0.837. The van der Waals surface area contributed by atoms with Crippen LogP contribution in [-0.4, -0.2) is 42.0 Å². The van der Waals surface area contributed by atoms with Gasteiger partial charge in [0.05, 0.1) is 5.04 Å². The average Bonchev–Trinajstić information content (AvgIpc) is 2.93. The Kier molecular flexibility index (Phi) is 7.21. The molecule has 118 valence electrons. The van der Waals surface area contributed by atoms with Crippen molar-refractivity contribution in [1.82, 2.24) is 0 Å². The lowest BCUT2D eigenvalue weighted by Crippen LogP contribution is -2.16. The smallest absolute Gasteiger partial charge is 0.329 e. The van der Waals surface area contributed by atoms with Crippen LogP contribution in [-0.2, 0) is 4.79 Å². The fraction of sp³-hybridized carbons (Fsp3) is 0.250. The van der Waals surface area contributed by atoms with Crippen molar-refractivity contribution < 1.29 is 9.90 Å². The van der Waals surface area contributed by atoms with E-state index in [0.29, 0.717) is 5.75 Å². The molecule has 0 bridgehead atoms. The first-order valence-corrected chi connectivity index (χ1v) is 7.60. The first kappa shape index (κ1) is 18.3. The highest BCUT2D eigenvalue weighted by Crippen LogP contribution is 2.19. The molecule has 4 nitrogen and oxygen atoms in total. The summed E-state index contributed by atoms with van der Waals surface area (Å²) in [5.41, 5.74) is 2.29. The molecule has 1 unspecified atom stereocenters. The van der Waals surface area contributed by atoms with E-state index in [-0.39, 0.29) is 12.4 Å². The Morgan fingerprint density at radius 1 is 1.27 bits per heavy atom. The summed E-state index contributed by atoms with van der Waals surface area (Å²) in [6, 6.07) is 7.65. The number of benzene rings is 1. The Morgan fingerprint density at radius 2 is 1.91 bits per heavy atom. The van der Waals surface area contributed by atoms with Gasteiger partial charge in [0.15, 0.2) is 6.04 Å². The number of allylic oxidation sites excluding steroid dienone is 2. The fourth-order valence-electron chi connectivity index (χ4n) is 1.80. The molecule has 1 heterocycles. The number of nitrogens with zero attached hydrogens (tertiary/aromatic N) is 2. The SMILES string of the molecule is CN(C)c1ccc(C=CC=CC2=NC(C(=O)O)CS2)cc1.Cl. The monoisotopic (exact) mass is 338 g/mol. The van der Waals surface area contributed by atoms with Crippen LogP contribution in [0.4, 0.5) is 5.69 Å². The topological polar surface area (TPSA) is 52.9 Å². The maximum absolute atomic E-state index is 10.8. The maximum atomic E-state index is 10.8. The lowest BCUT2D eigenvalue weighted by molar-refractivity contribution is -0.137. The van der Waals surface area contributed by atoms with Crippen molar-refractivity contribution in [2.75, 3.05) is 24.7 Å². The van der Waals surface area contributed by atoms with Gasteiger partial charge in [-0.3, -0.25) is 4.99 Å². The van der Waals surface area contributed by atoms with E-state index < -0.39 is 12.0 Å². The molecule has 1 aromatic rings. The zero-order chi connectivity index (χ0) is 15.2. The van der Waals surface area contributed by atoms with Crippen molar-refractivity contribution >= 4 is 46.9 Å². The third-order valence-corrected chi connectivity index (χ3v) is 4.02. The highest BCUT2D eigenvalue weighted by molar-refractivity contribution is 8.14. The molecule has 0 aliphatic carbocycles. The fourth-order valence-corrected chi connectivity index (χ4v) is 2.72. The minimum absolute atomic E-state index is 0. The van der Waals surface area contributed by atoms with Crippen LogP contribution < -0.4 is 4.90 Å². The van der Waals surface area contributed by atoms with E-state index in [0.717, 1.165) is 10.6 Å². The molecule has 1 aliphatic heterocycles. The number of anilines is 1. The highest BCUT2D eigenvalue weighted by Gasteiger charge is 2.22. The Morgan fingerprint density at radius 3 is 2.45 bits per heavy atom. The van der Waals surface area contributed by atoms with E-state index in [9.17, 15) is 4.79 Å². The molecule has 1 aromatic carbocycles. The van der Waals surface area contributed by atoms with E-state index in [1.165, 1.54) is 17.4 Å². The molecule has 0 radical (unpaired) electrons. The third-order valence-electron chi connectivity index (χ3n) is 3.01. The van der Waals surface area contributed by atoms with E-state index in [1.807, 2.05) is 38.4 Å². The molecular formula is C16H19ClN2O2S. The lowest BCUT2D eigenvalue weighted by atomic mass is 10.2. The van der Waals surface area contributed by atoms with Crippen LogP contribution in [0, 0.1) is 0 Å². The summed E-state index contributed by atoms with van der Waals surface area (Å²) in [5, 5.41) is 9.62. The predicted molar refractivity (Wildman–Crippen MR) is 97.5 cm³/mol. The van der Waals surface area contributed by atoms with Crippen LogP contribution in [0.25, 0.3) is 6.08 Å². The molecule has 6 heteroatoms. The van der Waals surface area contributed by atoms with Gasteiger partial charge in [-0.15, -0.1) is 24.2 Å². The van der Waals surface area contributed by atoms with Gasteiger partial charge in [0.2, 0.25) is 0 Å². The molecular weight excluding hydrogens is 320 g/mol. The number of carbonyl (C=O) groups is 1. The maximum Gasteiger partial charge on any atom is 0.329 e. The van der Waals surface area contributed by atoms with Gasteiger partial charge in [0.1, 0.15) is 0 Å². The highest BCUT2D eigenvalue weighted by atomic mass is 35.5. The molecule has 0 spiro atoms. The molecule has 0 saturated heterocycles. The summed E-state index contributed by atoms with van der Waals surface area (Å²) in [5.74, 6) is -0.340. The summed E-state index contributed by atoms with van der Waals surface area (Å²) >= 11 is 1.47. The second-order valence-corrected chi connectivity index (χ2v) is 5.88. The first-order valence-electron chi connectivity index (χ1n) is 6.62. The molecule has 0 saturated carbocycles. The summed E-state index contributed by atoms with van der Waals surface area (Å²) in [7, 11) is 4.02. The van der Waals surface area contributed by atoms with Crippen molar-refractivity contribution in [3.63, 3.8) is 0 Å². The minimum Gasteiger partial charge on any atom is -0.480 e. The Hall–Kier alpha value is -1.72. The van der Waals surface area contributed by atoms with Gasteiger partial charge >= 0.3 is 5.97 Å². The van der Waals surface area contributed by atoms with E-state index >= 15 is 0 Å². The van der Waals surface area contributed by atoms with Crippen LogP contribution in [0.1, 0.15) is 5.56 Å². The molecule has 1 N–H and O–H groups in total. The number of thioether (sulfide) groups is 1. The number of hydrogen-bond donors (Lipinski definition) is 1. The minimum atomic E-state index is -0.859. The van der Waals surface area contributed by atoms with Crippen LogP contribution in [0.3, 0.4) is 0 Å². The summed E-state index contributed by atoms with van der Waals surface area (Å²) in [6.45, 7) is 0. The zero-order valence-corrected chi connectivity index (χ0v) is 14.1. The zero-order valence-electron chi connectivity index (χ0n) is 12.5. The van der Waals surface area contributed by atoms with Crippen molar-refractivity contribution in [2.45, 2.75) is 6.04 Å². The number of aliphatic carboxylic acids is 1. The van der Waals surface area contributed by atoms with Crippen molar-refractivity contribution in [3.8, 4) is 0 Å². The molecule has 1 aliphatic rings. The molecule has 0 fully saturated rings. The van der Waals surface area contributed by atoms with E-state index in [4.69, 9.17) is 5.11 Å². The standard InChI is InChI=1S/C16H18N2O2S.ClH/c1-18(2)13-9-7-12(8-10-13)5-3-4-6-15-17-14(11-21-15)16(19)20;/h3-10,14H,11H2,1-2H3,(H,19,20);1H. The Labute approximate surface area is 141 Å². The van der Waals surface area contributed by atoms with Gasteiger partial charge in [-0.25, -0.2) is 4.79 Å². The Balaban J connectivity index is 0.00000242. The number of halogens is 1. The van der Waals surface area contributed by atoms with Gasteiger partial charge in [0, 0.05) is 25.5 Å². The second-order valence-electron chi connectivity index (χ2n) is 4.84. The number of carboxylic acid groups (broad SMARTS) is 1. The molecule has 0 aromatic heterocycles. The molecule has 0 amide bonds. The van der Waals surface area contributed by atoms with Crippen LogP contribution in [0.2, 0.25) is 0 Å². The number of rotatable bonds is 5. The summed E-state index contributed by atoms with van der Waals surface area (Å²) in [6.07, 6.45) is 7.67. The van der Waals surface area contributed by atoms with E-state index in [2.05, 4.69) is 34.2 Å². The normalized spacial score (nSPS) is 17.5. The molecule has 22 heavy (non-hydrogen) atoms. The third kappa shape index (κ3) is 5.24. The van der Waals surface area contributed by atoms with Crippen LogP contribution in [0.15, 0.2) is 47.5 Å². The van der Waals surface area contributed by atoms with Gasteiger partial charge < -0.3 is 10.0 Å². The predicted octanol–water partition coefficient (Wildman–Crippen LogP) is 3.34. The van der Waals surface area contributed by atoms with Gasteiger partial charge in [-0.05, 0) is 23.8 Å². The van der Waals surface area contributed by atoms with Crippen molar-refractivity contribution in [3.05, 3.63) is 48.1 Å². The van der Waals surface area contributed by atoms with E-state index in [1.54, 1.807) is 0 Å². The number of carboxylic acids is 1. The van der Waals surface area contributed by atoms with Crippen molar-refractivity contribution in [2.24, 2.45) is 4.99 Å². The van der Waals surface area contributed by atoms with Crippen molar-refractivity contribution in [1.29, 1.82) is 0 Å². The summed E-state index contributed by atoms with van der Waals surface area (Å²) in [4.78, 5) is 16.9. The number of aliphatic imine (C=N–C) groups is 1. The summed E-state index contributed by atoms with van der Waals surface area (Å²) < 4.78 is 0. The average molecular weight is 339 g/mol. The molecule has 2 rings (SSSR count). The van der Waals surface area contributed by atoms with Gasteiger partial charge in [-0.1, -0.05) is 30.4 Å². The Bertz CT molecular complexity index is 595.